The van der Waals surface area contributed by atoms with Gasteiger partial charge in [-0.3, -0.25) is 4.98 Å². The van der Waals surface area contributed by atoms with Crippen molar-refractivity contribution in [3.63, 3.8) is 0 Å². The lowest BCUT2D eigenvalue weighted by molar-refractivity contribution is 0.222. The third-order valence-electron chi connectivity index (χ3n) is 5.06. The molecule has 1 heterocycles. The highest BCUT2D eigenvalue weighted by atomic mass is 15.2. The smallest absolute Gasteiger partial charge is 0.147 e. The van der Waals surface area contributed by atoms with Gasteiger partial charge in [0, 0.05) is 25.7 Å². The molecule has 4 heteroatoms. The summed E-state index contributed by atoms with van der Waals surface area (Å²) in [7, 11) is 2.16. The Morgan fingerprint density at radius 3 is 2.43 bits per heavy atom. The lowest BCUT2D eigenvalue weighted by atomic mass is 9.75. The second-order valence-corrected chi connectivity index (χ2v) is 7.53. The lowest BCUT2D eigenvalue weighted by Gasteiger charge is -2.39. The first-order chi connectivity index (χ1) is 10.0. The molecule has 0 spiro atoms. The molecule has 1 N–H and O–H groups in total. The van der Waals surface area contributed by atoms with E-state index in [0.29, 0.717) is 11.5 Å². The van der Waals surface area contributed by atoms with Crippen LogP contribution >= 0.6 is 0 Å². The van der Waals surface area contributed by atoms with Gasteiger partial charge in [-0.2, -0.15) is 0 Å². The third-order valence-corrected chi connectivity index (χ3v) is 5.06. The minimum atomic E-state index is 0.515. The largest absolute Gasteiger partial charge is 0.355 e. The Morgan fingerprint density at radius 1 is 1.14 bits per heavy atom. The second kappa shape index (κ2) is 5.91. The summed E-state index contributed by atoms with van der Waals surface area (Å²) in [6.45, 7) is 5.61. The van der Waals surface area contributed by atoms with Crippen molar-refractivity contribution in [3.8, 4) is 0 Å². The van der Waals surface area contributed by atoms with Crippen LogP contribution in [-0.2, 0) is 6.54 Å². The summed E-state index contributed by atoms with van der Waals surface area (Å²) in [5, 5.41) is 3.48. The summed E-state index contributed by atoms with van der Waals surface area (Å²) >= 11 is 0. The van der Waals surface area contributed by atoms with Crippen molar-refractivity contribution in [2.75, 3.05) is 11.9 Å². The molecule has 0 aromatic carbocycles. The first kappa shape index (κ1) is 14.8. The van der Waals surface area contributed by atoms with Crippen LogP contribution in [0.1, 0.15) is 58.1 Å². The van der Waals surface area contributed by atoms with E-state index in [9.17, 15) is 0 Å². The topological polar surface area (TPSA) is 41.1 Å². The first-order valence-electron chi connectivity index (χ1n) is 8.31. The molecule has 0 unspecified atom stereocenters. The number of nitrogens with zero attached hydrogens (tertiary/aromatic N) is 3. The van der Waals surface area contributed by atoms with E-state index in [1.807, 2.05) is 12.4 Å². The van der Waals surface area contributed by atoms with E-state index in [1.165, 1.54) is 38.5 Å². The van der Waals surface area contributed by atoms with Crippen LogP contribution in [0.2, 0.25) is 0 Å². The highest BCUT2D eigenvalue weighted by Crippen LogP contribution is 2.37. The molecule has 2 fully saturated rings. The molecule has 21 heavy (non-hydrogen) atoms. The zero-order valence-electron chi connectivity index (χ0n) is 13.6. The summed E-state index contributed by atoms with van der Waals surface area (Å²) in [4.78, 5) is 11.5. The molecule has 0 radical (unpaired) electrons. The molecule has 3 rings (SSSR count). The van der Waals surface area contributed by atoms with Gasteiger partial charge in [0.15, 0.2) is 0 Å². The minimum absolute atomic E-state index is 0.515. The van der Waals surface area contributed by atoms with E-state index in [4.69, 9.17) is 0 Å². The molecule has 4 nitrogen and oxygen atoms in total. The van der Waals surface area contributed by atoms with Crippen molar-refractivity contribution in [1.82, 2.24) is 15.3 Å². The molecule has 0 saturated heterocycles. The van der Waals surface area contributed by atoms with Gasteiger partial charge in [0.25, 0.3) is 0 Å². The van der Waals surface area contributed by atoms with Gasteiger partial charge >= 0.3 is 0 Å². The van der Waals surface area contributed by atoms with Gasteiger partial charge in [-0.25, -0.2) is 4.98 Å². The van der Waals surface area contributed by atoms with Gasteiger partial charge in [0.2, 0.25) is 0 Å². The van der Waals surface area contributed by atoms with Crippen molar-refractivity contribution in [1.29, 1.82) is 0 Å². The van der Waals surface area contributed by atoms with E-state index >= 15 is 0 Å². The van der Waals surface area contributed by atoms with E-state index < -0.39 is 0 Å². The van der Waals surface area contributed by atoms with E-state index in [1.54, 1.807) is 0 Å². The van der Waals surface area contributed by atoms with Crippen LogP contribution < -0.4 is 10.2 Å². The molecule has 1 aromatic rings. The van der Waals surface area contributed by atoms with Gasteiger partial charge in [0.1, 0.15) is 5.82 Å². The number of hydrogen-bond acceptors (Lipinski definition) is 4. The number of rotatable bonds is 5. The Balaban J connectivity index is 1.55. The maximum absolute atomic E-state index is 4.61. The highest BCUT2D eigenvalue weighted by Gasteiger charge is 2.29. The first-order valence-corrected chi connectivity index (χ1v) is 8.31. The van der Waals surface area contributed by atoms with Crippen LogP contribution in [0.4, 0.5) is 5.82 Å². The molecule has 116 valence electrons. The van der Waals surface area contributed by atoms with Crippen molar-refractivity contribution in [2.24, 2.45) is 5.41 Å². The van der Waals surface area contributed by atoms with Gasteiger partial charge in [-0.1, -0.05) is 13.8 Å². The van der Waals surface area contributed by atoms with E-state index in [2.05, 4.69) is 41.1 Å². The van der Waals surface area contributed by atoms with Crippen molar-refractivity contribution < 1.29 is 0 Å². The van der Waals surface area contributed by atoms with Gasteiger partial charge in [-0.15, -0.1) is 0 Å². The third kappa shape index (κ3) is 3.94. The molecular formula is C17H28N4. The fraction of sp³-hybridized carbons (Fsp3) is 0.765. The highest BCUT2D eigenvalue weighted by molar-refractivity contribution is 5.36. The quantitative estimate of drug-likeness (QED) is 0.904. The SMILES string of the molecule is CN(c1cnc(CNC2CC2)cn1)C1CCC(C)(C)CC1. The average Bonchev–Trinajstić information content (AvgIpc) is 3.29. The Labute approximate surface area is 128 Å². The zero-order chi connectivity index (χ0) is 14.9. The number of aromatic nitrogens is 2. The maximum Gasteiger partial charge on any atom is 0.147 e. The number of anilines is 1. The Hall–Kier alpha value is -1.16. The van der Waals surface area contributed by atoms with Crippen LogP contribution in [-0.4, -0.2) is 29.1 Å². The van der Waals surface area contributed by atoms with Crippen molar-refractivity contribution in [3.05, 3.63) is 18.1 Å². The van der Waals surface area contributed by atoms with Gasteiger partial charge in [0.05, 0.1) is 18.1 Å². The Kier molecular flexibility index (Phi) is 4.16. The molecule has 0 aliphatic heterocycles. The van der Waals surface area contributed by atoms with Crippen LogP contribution in [0.3, 0.4) is 0 Å². The normalized spacial score (nSPS) is 22.2. The molecule has 0 atom stereocenters. The minimum Gasteiger partial charge on any atom is -0.355 e. The molecule has 1 aromatic heterocycles. The molecule has 2 saturated carbocycles. The lowest BCUT2D eigenvalue weighted by Crippen LogP contribution is -2.37. The standard InChI is InChI=1S/C17H28N4/c1-17(2)8-6-15(7-9-17)21(3)16-12-19-14(11-20-16)10-18-13-4-5-13/h11-13,15,18H,4-10H2,1-3H3. The fourth-order valence-corrected chi connectivity index (χ4v) is 3.12. The number of hydrogen-bond donors (Lipinski definition) is 1. The molecular weight excluding hydrogens is 260 g/mol. The Morgan fingerprint density at radius 2 is 1.86 bits per heavy atom. The summed E-state index contributed by atoms with van der Waals surface area (Å²) in [6.07, 6.45) is 11.6. The molecule has 2 aliphatic carbocycles. The van der Waals surface area contributed by atoms with Crippen LogP contribution in [0.25, 0.3) is 0 Å². The predicted molar refractivity (Wildman–Crippen MR) is 86.3 cm³/mol. The Bertz CT molecular complexity index is 454. The van der Waals surface area contributed by atoms with Gasteiger partial charge < -0.3 is 10.2 Å². The summed E-state index contributed by atoms with van der Waals surface area (Å²) in [5.41, 5.74) is 1.56. The second-order valence-electron chi connectivity index (χ2n) is 7.53. The zero-order valence-corrected chi connectivity index (χ0v) is 13.6. The van der Waals surface area contributed by atoms with E-state index in [-0.39, 0.29) is 0 Å². The maximum atomic E-state index is 4.61. The van der Waals surface area contributed by atoms with Crippen LogP contribution in [0.15, 0.2) is 12.4 Å². The van der Waals surface area contributed by atoms with Gasteiger partial charge in [-0.05, 0) is 43.9 Å². The van der Waals surface area contributed by atoms with Crippen molar-refractivity contribution in [2.45, 2.75) is 71.0 Å². The number of nitrogens with one attached hydrogen (secondary N) is 1. The molecule has 2 aliphatic rings. The summed E-state index contributed by atoms with van der Waals surface area (Å²) < 4.78 is 0. The monoisotopic (exact) mass is 288 g/mol. The summed E-state index contributed by atoms with van der Waals surface area (Å²) in [5.74, 6) is 1.01. The average molecular weight is 288 g/mol. The van der Waals surface area contributed by atoms with Crippen LogP contribution in [0.5, 0.6) is 0 Å². The van der Waals surface area contributed by atoms with Crippen LogP contribution in [0, 0.1) is 5.41 Å². The molecule has 0 amide bonds. The van der Waals surface area contributed by atoms with Crippen molar-refractivity contribution >= 4 is 5.82 Å². The van der Waals surface area contributed by atoms with E-state index in [0.717, 1.165) is 24.1 Å². The fourth-order valence-electron chi connectivity index (χ4n) is 3.12. The predicted octanol–water partition coefficient (Wildman–Crippen LogP) is 3.13. The molecule has 0 bridgehead atoms. The summed E-state index contributed by atoms with van der Waals surface area (Å²) in [6, 6.07) is 1.34.